The minimum atomic E-state index is -0.585. The zero-order valence-electron chi connectivity index (χ0n) is 29.2. The molecule has 1 heteroatoms. The Balaban J connectivity index is 1.50. The van der Waals surface area contributed by atoms with Gasteiger partial charge in [-0.1, -0.05) is 136 Å². The predicted molar refractivity (Wildman–Crippen MR) is 209 cm³/mol. The molecular formula is C48H40O. The molecule has 9 rings (SSSR count). The number of hydrogen-bond acceptors (Lipinski definition) is 1. The third-order valence-electron chi connectivity index (χ3n) is 11.2. The average Bonchev–Trinajstić information content (AvgIpc) is 3.46. The van der Waals surface area contributed by atoms with Crippen LogP contribution in [0.4, 0.5) is 0 Å². The second kappa shape index (κ2) is 10.3. The van der Waals surface area contributed by atoms with Gasteiger partial charge < -0.3 is 4.42 Å². The highest BCUT2D eigenvalue weighted by Crippen LogP contribution is 2.57. The number of aryl methyl sites for hydroxylation is 2. The van der Waals surface area contributed by atoms with Gasteiger partial charge in [0, 0.05) is 10.8 Å². The molecule has 8 aromatic rings. The largest absolute Gasteiger partial charge is 0.456 e. The third kappa shape index (κ3) is 4.12. The predicted octanol–water partition coefficient (Wildman–Crippen LogP) is 13.2. The van der Waals surface area contributed by atoms with Gasteiger partial charge in [-0.25, -0.2) is 0 Å². The molecule has 1 heterocycles. The molecule has 0 N–H and O–H groups in total. The van der Waals surface area contributed by atoms with E-state index in [1.807, 2.05) is 0 Å². The molecule has 0 saturated carbocycles. The molecule has 0 spiro atoms. The third-order valence-corrected chi connectivity index (χ3v) is 11.2. The first-order valence-corrected chi connectivity index (χ1v) is 17.4. The fraction of sp³-hybridized carbons (Fsp3) is 0.167. The first-order valence-electron chi connectivity index (χ1n) is 17.4. The molecule has 49 heavy (non-hydrogen) atoms. The van der Waals surface area contributed by atoms with Crippen LogP contribution in [0, 0.1) is 13.8 Å². The molecule has 1 aliphatic carbocycles. The number of fused-ring (bicyclic) bond motifs is 7. The van der Waals surface area contributed by atoms with E-state index in [4.69, 9.17) is 4.42 Å². The van der Waals surface area contributed by atoms with Crippen molar-refractivity contribution in [2.24, 2.45) is 0 Å². The van der Waals surface area contributed by atoms with Crippen molar-refractivity contribution in [2.45, 2.75) is 52.4 Å². The Labute approximate surface area is 288 Å². The van der Waals surface area contributed by atoms with Gasteiger partial charge in [-0.15, -0.1) is 0 Å². The van der Waals surface area contributed by atoms with Crippen LogP contribution >= 0.6 is 0 Å². The van der Waals surface area contributed by atoms with Crippen LogP contribution in [0.2, 0.25) is 0 Å². The molecule has 0 radical (unpaired) electrons. The van der Waals surface area contributed by atoms with Crippen LogP contribution in [-0.4, -0.2) is 0 Å². The van der Waals surface area contributed by atoms with Crippen LogP contribution < -0.4 is 0 Å². The fourth-order valence-corrected chi connectivity index (χ4v) is 8.64. The molecular weight excluding hydrogens is 593 g/mol. The second-order valence-electron chi connectivity index (χ2n) is 15.2. The summed E-state index contributed by atoms with van der Waals surface area (Å²) in [7, 11) is 0. The molecule has 1 aromatic heterocycles. The Bertz CT molecular complexity index is 2660. The van der Waals surface area contributed by atoms with Gasteiger partial charge in [0.25, 0.3) is 0 Å². The Kier molecular flexibility index (Phi) is 6.25. The van der Waals surface area contributed by atoms with Crippen LogP contribution in [0.25, 0.3) is 60.2 Å². The molecule has 0 fully saturated rings. The van der Waals surface area contributed by atoms with Gasteiger partial charge in [-0.3, -0.25) is 0 Å². The lowest BCUT2D eigenvalue weighted by Crippen LogP contribution is -2.34. The maximum atomic E-state index is 6.78. The summed E-state index contributed by atoms with van der Waals surface area (Å²) in [6.07, 6.45) is 0. The first-order chi connectivity index (χ1) is 23.6. The van der Waals surface area contributed by atoms with Gasteiger partial charge in [0.1, 0.15) is 11.2 Å². The van der Waals surface area contributed by atoms with Crippen molar-refractivity contribution in [3.8, 4) is 11.1 Å². The Morgan fingerprint density at radius 1 is 0.571 bits per heavy atom. The minimum absolute atomic E-state index is 0.0457. The van der Waals surface area contributed by atoms with Crippen molar-refractivity contribution in [3.63, 3.8) is 0 Å². The van der Waals surface area contributed by atoms with Gasteiger partial charge in [0.05, 0.1) is 5.41 Å². The van der Waals surface area contributed by atoms with Crippen molar-refractivity contribution in [3.05, 3.63) is 172 Å². The Morgan fingerprint density at radius 3 is 1.94 bits per heavy atom. The molecule has 0 aliphatic heterocycles. The van der Waals surface area contributed by atoms with Crippen LogP contribution in [0.3, 0.4) is 0 Å². The zero-order chi connectivity index (χ0) is 33.8. The van der Waals surface area contributed by atoms with Crippen molar-refractivity contribution in [2.75, 3.05) is 0 Å². The maximum Gasteiger partial charge on any atom is 0.136 e. The highest BCUT2D eigenvalue weighted by atomic mass is 16.3. The van der Waals surface area contributed by atoms with Crippen molar-refractivity contribution in [1.82, 2.24) is 0 Å². The lowest BCUT2D eigenvalue weighted by Gasteiger charge is -2.42. The molecule has 7 aromatic carbocycles. The minimum Gasteiger partial charge on any atom is -0.456 e. The van der Waals surface area contributed by atoms with E-state index in [0.29, 0.717) is 0 Å². The van der Waals surface area contributed by atoms with Crippen LogP contribution in [-0.2, 0) is 10.8 Å². The van der Waals surface area contributed by atoms with Crippen molar-refractivity contribution in [1.29, 1.82) is 0 Å². The van der Waals surface area contributed by atoms with Crippen molar-refractivity contribution < 1.29 is 4.42 Å². The Morgan fingerprint density at radius 2 is 1.24 bits per heavy atom. The molecule has 1 nitrogen and oxygen atoms in total. The van der Waals surface area contributed by atoms with Gasteiger partial charge in [0.15, 0.2) is 0 Å². The number of hydrogen-bond donors (Lipinski definition) is 0. The molecule has 1 atom stereocenters. The summed E-state index contributed by atoms with van der Waals surface area (Å²) in [4.78, 5) is 0. The van der Waals surface area contributed by atoms with E-state index < -0.39 is 5.41 Å². The molecule has 0 saturated heterocycles. The lowest BCUT2D eigenvalue weighted by molar-refractivity contribution is 0.589. The molecule has 238 valence electrons. The van der Waals surface area contributed by atoms with Gasteiger partial charge in [0.2, 0.25) is 0 Å². The Hall–Kier alpha value is -5.40. The summed E-state index contributed by atoms with van der Waals surface area (Å²) in [6, 6.07) is 45.9. The highest BCUT2D eigenvalue weighted by Gasteiger charge is 2.45. The smallest absolute Gasteiger partial charge is 0.136 e. The van der Waals surface area contributed by atoms with E-state index >= 15 is 0 Å². The number of allylic oxidation sites excluding steroid dienone is 1. The number of benzene rings is 7. The maximum absolute atomic E-state index is 6.78. The zero-order valence-corrected chi connectivity index (χ0v) is 29.2. The standard InChI is InChI=1S/C48H40O/c1-28(2)31-16-18-33(19-17-31)48(34-22-20-32(21-23-34)47(5,6)7)41-14-10-13-36-29(3)15-24-38(45(36)41)39-27-43-40(26-42(39)48)46-37-12-9-8-11-35(37)30(4)25-44(46)49-43/h8-27H,1H2,2-7H3. The summed E-state index contributed by atoms with van der Waals surface area (Å²) in [5.41, 5.74) is 15.0. The van der Waals surface area contributed by atoms with Gasteiger partial charge >= 0.3 is 0 Å². The quantitative estimate of drug-likeness (QED) is 0.189. The van der Waals surface area contributed by atoms with Gasteiger partial charge in [-0.2, -0.15) is 0 Å². The van der Waals surface area contributed by atoms with Crippen LogP contribution in [0.5, 0.6) is 0 Å². The van der Waals surface area contributed by atoms with Crippen LogP contribution in [0.1, 0.15) is 72.2 Å². The van der Waals surface area contributed by atoms with E-state index in [-0.39, 0.29) is 5.41 Å². The SMILES string of the molecule is C=C(C)c1ccc(C2(c3ccc(C(C)(C)C)cc3)c3cc4c(cc3-c3ccc(C)c5cccc2c35)oc2cc(C)c3ccccc3c24)cc1. The van der Waals surface area contributed by atoms with E-state index in [9.17, 15) is 0 Å². The molecule has 0 amide bonds. The first kappa shape index (κ1) is 29.7. The number of rotatable bonds is 3. The van der Waals surface area contributed by atoms with E-state index in [1.54, 1.807) is 0 Å². The highest BCUT2D eigenvalue weighted by molar-refractivity contribution is 6.21. The summed E-state index contributed by atoms with van der Waals surface area (Å²) in [5.74, 6) is 0. The normalized spacial score (nSPS) is 15.7. The summed E-state index contributed by atoms with van der Waals surface area (Å²) in [6.45, 7) is 17.6. The number of furan rings is 1. The molecule has 1 aliphatic rings. The summed E-state index contributed by atoms with van der Waals surface area (Å²) < 4.78 is 6.78. The lowest BCUT2D eigenvalue weighted by atomic mass is 9.59. The summed E-state index contributed by atoms with van der Waals surface area (Å²) in [5, 5.41) is 7.44. The topological polar surface area (TPSA) is 13.1 Å². The van der Waals surface area contributed by atoms with E-state index in [2.05, 4.69) is 169 Å². The van der Waals surface area contributed by atoms with E-state index in [0.717, 1.165) is 27.7 Å². The average molecular weight is 633 g/mol. The monoisotopic (exact) mass is 632 g/mol. The second-order valence-corrected chi connectivity index (χ2v) is 15.2. The van der Waals surface area contributed by atoms with Crippen LogP contribution in [0.15, 0.2) is 132 Å². The fourth-order valence-electron chi connectivity index (χ4n) is 8.64. The van der Waals surface area contributed by atoms with Gasteiger partial charge in [-0.05, 0) is 122 Å². The van der Waals surface area contributed by atoms with E-state index in [1.165, 1.54) is 77.0 Å². The molecule has 1 unspecified atom stereocenters. The van der Waals surface area contributed by atoms with Crippen molar-refractivity contribution >= 4 is 49.1 Å². The molecule has 0 bridgehead atoms. The summed E-state index contributed by atoms with van der Waals surface area (Å²) >= 11 is 0.